The van der Waals surface area contributed by atoms with Crippen LogP contribution in [-0.2, 0) is 0 Å². The number of thiocarbonyl (C=S) groups is 1. The van der Waals surface area contributed by atoms with Gasteiger partial charge in [-0.15, -0.1) is 0 Å². The van der Waals surface area contributed by atoms with Gasteiger partial charge in [-0.05, 0) is 30.4 Å². The predicted octanol–water partition coefficient (Wildman–Crippen LogP) is 0.818. The Morgan fingerprint density at radius 1 is 1.43 bits per heavy atom. The summed E-state index contributed by atoms with van der Waals surface area (Å²) in [6.07, 6.45) is 0. The minimum Gasteiger partial charge on any atom is -0.375 e. The Bertz CT molecular complexity index is 369. The molecule has 1 aromatic rings. The number of nitrogens with two attached hydrogens (primary N) is 1. The van der Waals surface area contributed by atoms with Gasteiger partial charge in [0.2, 0.25) is 0 Å². The zero-order valence-electron chi connectivity index (χ0n) is 7.08. The summed E-state index contributed by atoms with van der Waals surface area (Å²) < 4.78 is 0. The molecule has 0 fully saturated rings. The molecule has 0 bridgehead atoms. The Kier molecular flexibility index (Phi) is 3.67. The fraction of sp³-hybridized carbons (Fsp3) is 0. The minimum atomic E-state index is -0.347. The molecule has 0 heterocycles. The number of hydrazine groups is 1. The lowest BCUT2D eigenvalue weighted by Gasteiger charge is -2.05. The van der Waals surface area contributed by atoms with Gasteiger partial charge in [-0.3, -0.25) is 15.6 Å². The summed E-state index contributed by atoms with van der Waals surface area (Å²) in [5, 5.41) is 0.494. The summed E-state index contributed by atoms with van der Waals surface area (Å²) in [5.41, 5.74) is 10.2. The fourth-order valence-electron chi connectivity index (χ4n) is 0.820. The van der Waals surface area contributed by atoms with Crippen molar-refractivity contribution in [3.05, 3.63) is 34.9 Å². The number of hydrogen-bond acceptors (Lipinski definition) is 2. The van der Waals surface area contributed by atoms with Gasteiger partial charge in [-0.2, -0.15) is 0 Å². The van der Waals surface area contributed by atoms with Crippen molar-refractivity contribution in [3.63, 3.8) is 0 Å². The second kappa shape index (κ2) is 4.78. The maximum Gasteiger partial charge on any atom is 0.269 e. The number of carbonyl (C=O) groups is 1. The third-order valence-electron chi connectivity index (χ3n) is 1.39. The van der Waals surface area contributed by atoms with Gasteiger partial charge in [-0.25, -0.2) is 0 Å². The van der Waals surface area contributed by atoms with Crippen molar-refractivity contribution >= 4 is 34.8 Å². The van der Waals surface area contributed by atoms with Gasteiger partial charge in [0.05, 0.1) is 0 Å². The van der Waals surface area contributed by atoms with Crippen LogP contribution in [0.25, 0.3) is 0 Å². The first-order chi connectivity index (χ1) is 6.59. The maximum atomic E-state index is 11.4. The Balaban J connectivity index is 2.65. The summed E-state index contributed by atoms with van der Waals surface area (Å²) in [4.78, 5) is 11.4. The van der Waals surface area contributed by atoms with E-state index in [9.17, 15) is 4.79 Å². The third-order valence-corrected chi connectivity index (χ3v) is 1.72. The molecule has 4 N–H and O–H groups in total. The Hall–Kier alpha value is -1.33. The van der Waals surface area contributed by atoms with Crippen LogP contribution in [0, 0.1) is 0 Å². The van der Waals surface area contributed by atoms with Gasteiger partial charge in [0.1, 0.15) is 0 Å². The number of hydrogen-bond donors (Lipinski definition) is 3. The molecule has 74 valence electrons. The lowest BCUT2D eigenvalue weighted by molar-refractivity contribution is 0.0944. The average Bonchev–Trinajstić information content (AvgIpc) is 2.14. The van der Waals surface area contributed by atoms with E-state index in [0.717, 1.165) is 0 Å². The molecule has 0 aliphatic rings. The van der Waals surface area contributed by atoms with Crippen molar-refractivity contribution < 1.29 is 4.79 Å². The Morgan fingerprint density at radius 3 is 2.71 bits per heavy atom. The highest BCUT2D eigenvalue weighted by Crippen LogP contribution is 2.09. The number of halogens is 1. The summed E-state index contributed by atoms with van der Waals surface area (Å²) in [6, 6.07) is 6.53. The number of carbonyl (C=O) groups excluding carboxylic acids is 1. The molecule has 0 aliphatic carbocycles. The lowest BCUT2D eigenvalue weighted by Crippen LogP contribution is -2.44. The highest BCUT2D eigenvalue weighted by Gasteiger charge is 2.04. The molecular formula is C8H8ClN3OS. The summed E-state index contributed by atoms with van der Waals surface area (Å²) >= 11 is 10.2. The van der Waals surface area contributed by atoms with Crippen LogP contribution < -0.4 is 16.6 Å². The van der Waals surface area contributed by atoms with Crippen LogP contribution in [0.1, 0.15) is 10.4 Å². The van der Waals surface area contributed by atoms with E-state index in [2.05, 4.69) is 23.1 Å². The summed E-state index contributed by atoms with van der Waals surface area (Å²) in [7, 11) is 0. The van der Waals surface area contributed by atoms with E-state index < -0.39 is 0 Å². The molecule has 1 amide bonds. The SMILES string of the molecule is NC(=S)NNC(=O)c1cccc(Cl)c1. The molecule has 1 aromatic carbocycles. The maximum absolute atomic E-state index is 11.4. The monoisotopic (exact) mass is 229 g/mol. The molecule has 0 aliphatic heterocycles. The minimum absolute atomic E-state index is 0.000350. The zero-order valence-corrected chi connectivity index (χ0v) is 8.65. The van der Waals surface area contributed by atoms with Crippen LogP contribution in [-0.4, -0.2) is 11.0 Å². The number of nitrogens with one attached hydrogen (secondary N) is 2. The standard InChI is InChI=1S/C8H8ClN3OS/c9-6-3-1-2-5(4-6)7(13)11-12-8(10)14/h1-4H,(H,11,13)(H3,10,12,14). The molecule has 0 saturated carbocycles. The first kappa shape index (κ1) is 10.7. The van der Waals surface area contributed by atoms with Crippen molar-refractivity contribution in [3.8, 4) is 0 Å². The summed E-state index contributed by atoms with van der Waals surface area (Å²) in [6.45, 7) is 0. The third kappa shape index (κ3) is 3.20. The average molecular weight is 230 g/mol. The molecule has 0 radical (unpaired) electrons. The highest BCUT2D eigenvalue weighted by atomic mass is 35.5. The topological polar surface area (TPSA) is 67.2 Å². The van der Waals surface area contributed by atoms with E-state index in [1.54, 1.807) is 18.2 Å². The molecule has 0 atom stereocenters. The molecule has 4 nitrogen and oxygen atoms in total. The molecule has 0 unspecified atom stereocenters. The van der Waals surface area contributed by atoms with E-state index in [-0.39, 0.29) is 11.0 Å². The first-order valence-electron chi connectivity index (χ1n) is 3.71. The van der Waals surface area contributed by atoms with Gasteiger partial charge in [0.25, 0.3) is 5.91 Å². The van der Waals surface area contributed by atoms with Crippen molar-refractivity contribution in [2.45, 2.75) is 0 Å². The number of rotatable bonds is 1. The molecule has 14 heavy (non-hydrogen) atoms. The van der Waals surface area contributed by atoms with E-state index >= 15 is 0 Å². The lowest BCUT2D eigenvalue weighted by atomic mass is 10.2. The van der Waals surface area contributed by atoms with Crippen LogP contribution in [0.3, 0.4) is 0 Å². The number of benzene rings is 1. The van der Waals surface area contributed by atoms with Crippen molar-refractivity contribution in [1.29, 1.82) is 0 Å². The van der Waals surface area contributed by atoms with Gasteiger partial charge in [-0.1, -0.05) is 17.7 Å². The Morgan fingerprint density at radius 2 is 2.14 bits per heavy atom. The van der Waals surface area contributed by atoms with E-state index in [4.69, 9.17) is 17.3 Å². The molecular weight excluding hydrogens is 222 g/mol. The van der Waals surface area contributed by atoms with Crippen LogP contribution >= 0.6 is 23.8 Å². The second-order valence-corrected chi connectivity index (χ2v) is 3.33. The van der Waals surface area contributed by atoms with Crippen LogP contribution in [0.15, 0.2) is 24.3 Å². The zero-order chi connectivity index (χ0) is 10.6. The van der Waals surface area contributed by atoms with Crippen LogP contribution in [0.4, 0.5) is 0 Å². The van der Waals surface area contributed by atoms with Crippen molar-refractivity contribution in [1.82, 2.24) is 10.9 Å². The molecule has 1 rings (SSSR count). The molecule has 0 spiro atoms. The molecule has 6 heteroatoms. The largest absolute Gasteiger partial charge is 0.375 e. The van der Waals surface area contributed by atoms with Gasteiger partial charge in [0.15, 0.2) is 5.11 Å². The van der Waals surface area contributed by atoms with Gasteiger partial charge >= 0.3 is 0 Å². The Labute approximate surface area is 91.4 Å². The molecule has 0 aromatic heterocycles. The van der Waals surface area contributed by atoms with Crippen molar-refractivity contribution in [2.75, 3.05) is 0 Å². The quantitative estimate of drug-likeness (QED) is 0.493. The summed E-state index contributed by atoms with van der Waals surface area (Å²) in [5.74, 6) is -0.347. The van der Waals surface area contributed by atoms with E-state index in [1.165, 1.54) is 6.07 Å². The van der Waals surface area contributed by atoms with Crippen LogP contribution in [0.2, 0.25) is 5.02 Å². The molecule has 0 saturated heterocycles. The predicted molar refractivity (Wildman–Crippen MR) is 58.8 cm³/mol. The normalized spacial score (nSPS) is 9.21. The number of amides is 1. The highest BCUT2D eigenvalue weighted by molar-refractivity contribution is 7.80. The fourth-order valence-corrected chi connectivity index (χ4v) is 1.06. The van der Waals surface area contributed by atoms with Gasteiger partial charge in [0, 0.05) is 10.6 Å². The van der Waals surface area contributed by atoms with E-state index in [0.29, 0.717) is 10.6 Å². The van der Waals surface area contributed by atoms with Crippen molar-refractivity contribution in [2.24, 2.45) is 5.73 Å². The van der Waals surface area contributed by atoms with E-state index in [1.807, 2.05) is 0 Å². The van der Waals surface area contributed by atoms with Crippen LogP contribution in [0.5, 0.6) is 0 Å². The smallest absolute Gasteiger partial charge is 0.269 e. The first-order valence-corrected chi connectivity index (χ1v) is 4.49. The second-order valence-electron chi connectivity index (χ2n) is 2.45. The van der Waals surface area contributed by atoms with Gasteiger partial charge < -0.3 is 5.73 Å².